The first-order valence-corrected chi connectivity index (χ1v) is 7.13. The second-order valence-corrected chi connectivity index (χ2v) is 6.08. The van der Waals surface area contributed by atoms with Gasteiger partial charge in [0.15, 0.2) is 0 Å². The standard InChI is InChI=1S/C11H16F3N3O2S/c1-17(20(18,19)16-8-11(12,13)14)7-10-4-2-9(6-15)3-5-10/h2-5,16H,6-8,15H2,1H3. The third-order valence-electron chi connectivity index (χ3n) is 2.53. The van der Waals surface area contributed by atoms with Crippen LogP contribution < -0.4 is 10.5 Å². The predicted molar refractivity (Wildman–Crippen MR) is 68.8 cm³/mol. The van der Waals surface area contributed by atoms with Gasteiger partial charge in [0, 0.05) is 20.1 Å². The second-order valence-electron chi connectivity index (χ2n) is 4.22. The number of halogens is 3. The van der Waals surface area contributed by atoms with Gasteiger partial charge in [-0.25, -0.2) is 0 Å². The van der Waals surface area contributed by atoms with Gasteiger partial charge in [-0.2, -0.15) is 30.6 Å². The molecule has 0 amide bonds. The van der Waals surface area contributed by atoms with E-state index in [1.807, 2.05) is 0 Å². The van der Waals surface area contributed by atoms with E-state index >= 15 is 0 Å². The Bertz CT molecular complexity index is 529. The van der Waals surface area contributed by atoms with Gasteiger partial charge in [0.25, 0.3) is 10.2 Å². The van der Waals surface area contributed by atoms with Crippen LogP contribution in [-0.2, 0) is 23.3 Å². The van der Waals surface area contributed by atoms with Crippen LogP contribution in [0.1, 0.15) is 11.1 Å². The Morgan fingerprint density at radius 1 is 1.20 bits per heavy atom. The molecular weight excluding hydrogens is 295 g/mol. The lowest BCUT2D eigenvalue weighted by atomic mass is 10.1. The van der Waals surface area contributed by atoms with Crippen LogP contribution in [0.15, 0.2) is 24.3 Å². The highest BCUT2D eigenvalue weighted by atomic mass is 32.2. The number of hydrogen-bond acceptors (Lipinski definition) is 3. The zero-order valence-electron chi connectivity index (χ0n) is 10.8. The molecule has 0 spiro atoms. The molecule has 0 aromatic heterocycles. The van der Waals surface area contributed by atoms with Gasteiger partial charge in [-0.05, 0) is 11.1 Å². The van der Waals surface area contributed by atoms with Crippen molar-refractivity contribution in [2.45, 2.75) is 19.3 Å². The van der Waals surface area contributed by atoms with E-state index in [4.69, 9.17) is 5.73 Å². The number of nitrogens with one attached hydrogen (secondary N) is 1. The Morgan fingerprint density at radius 2 is 1.70 bits per heavy atom. The summed E-state index contributed by atoms with van der Waals surface area (Å²) in [6, 6.07) is 6.83. The average Bonchev–Trinajstić information content (AvgIpc) is 2.36. The number of nitrogens with zero attached hydrogens (tertiary/aromatic N) is 1. The molecule has 3 N–H and O–H groups in total. The number of benzene rings is 1. The number of rotatable bonds is 6. The van der Waals surface area contributed by atoms with Gasteiger partial charge in [-0.15, -0.1) is 0 Å². The Balaban J connectivity index is 2.66. The molecule has 5 nitrogen and oxygen atoms in total. The highest BCUT2D eigenvalue weighted by Crippen LogP contribution is 2.14. The fraction of sp³-hybridized carbons (Fsp3) is 0.455. The van der Waals surface area contributed by atoms with Gasteiger partial charge in [-0.1, -0.05) is 24.3 Å². The summed E-state index contributed by atoms with van der Waals surface area (Å²) in [6.07, 6.45) is -4.59. The average molecular weight is 311 g/mol. The van der Waals surface area contributed by atoms with Gasteiger partial charge in [-0.3, -0.25) is 0 Å². The first-order valence-electron chi connectivity index (χ1n) is 5.69. The number of hydrogen-bond donors (Lipinski definition) is 2. The molecule has 1 aromatic carbocycles. The second kappa shape index (κ2) is 6.53. The first-order chi connectivity index (χ1) is 9.14. The summed E-state index contributed by atoms with van der Waals surface area (Å²) in [7, 11) is -2.96. The van der Waals surface area contributed by atoms with E-state index in [2.05, 4.69) is 0 Å². The Morgan fingerprint density at radius 3 is 2.15 bits per heavy atom. The van der Waals surface area contributed by atoms with E-state index < -0.39 is 22.9 Å². The smallest absolute Gasteiger partial charge is 0.326 e. The summed E-state index contributed by atoms with van der Waals surface area (Å²) < 4.78 is 61.5. The fourth-order valence-corrected chi connectivity index (χ4v) is 2.29. The van der Waals surface area contributed by atoms with Gasteiger partial charge >= 0.3 is 6.18 Å². The van der Waals surface area contributed by atoms with E-state index in [0.717, 1.165) is 9.87 Å². The quantitative estimate of drug-likeness (QED) is 0.822. The summed E-state index contributed by atoms with van der Waals surface area (Å²) in [5.74, 6) is 0. The molecule has 0 aliphatic rings. The van der Waals surface area contributed by atoms with Crippen molar-refractivity contribution in [2.24, 2.45) is 5.73 Å². The van der Waals surface area contributed by atoms with E-state index in [-0.39, 0.29) is 6.54 Å². The Labute approximate surface area is 115 Å². The number of nitrogens with two attached hydrogens (primary N) is 1. The molecule has 114 valence electrons. The molecular formula is C11H16F3N3O2S. The van der Waals surface area contributed by atoms with Crippen molar-refractivity contribution in [3.63, 3.8) is 0 Å². The van der Waals surface area contributed by atoms with Crippen molar-refractivity contribution in [1.29, 1.82) is 0 Å². The molecule has 0 unspecified atom stereocenters. The van der Waals surface area contributed by atoms with Gasteiger partial charge < -0.3 is 5.73 Å². The summed E-state index contributed by atoms with van der Waals surface area (Å²) >= 11 is 0. The summed E-state index contributed by atoms with van der Waals surface area (Å²) in [5.41, 5.74) is 6.97. The zero-order valence-corrected chi connectivity index (χ0v) is 11.6. The van der Waals surface area contributed by atoms with Crippen molar-refractivity contribution < 1.29 is 21.6 Å². The molecule has 0 saturated heterocycles. The minimum absolute atomic E-state index is 0.0297. The molecule has 0 radical (unpaired) electrons. The molecule has 9 heteroatoms. The monoisotopic (exact) mass is 311 g/mol. The molecule has 0 fully saturated rings. The third-order valence-corrected chi connectivity index (χ3v) is 3.99. The molecule has 0 atom stereocenters. The van der Waals surface area contributed by atoms with E-state index in [1.165, 1.54) is 11.8 Å². The van der Waals surface area contributed by atoms with Crippen molar-refractivity contribution in [2.75, 3.05) is 13.6 Å². The first kappa shape index (κ1) is 16.9. The summed E-state index contributed by atoms with van der Waals surface area (Å²) in [6.45, 7) is -1.26. The maximum absolute atomic E-state index is 12.0. The summed E-state index contributed by atoms with van der Waals surface area (Å²) in [5, 5.41) is 0. The van der Waals surface area contributed by atoms with Gasteiger partial charge in [0.2, 0.25) is 0 Å². The lowest BCUT2D eigenvalue weighted by Gasteiger charge is -2.18. The summed E-state index contributed by atoms with van der Waals surface area (Å²) in [4.78, 5) is 0. The van der Waals surface area contributed by atoms with Crippen LogP contribution in [0.2, 0.25) is 0 Å². The van der Waals surface area contributed by atoms with Crippen molar-refractivity contribution in [3.8, 4) is 0 Å². The van der Waals surface area contributed by atoms with E-state index in [0.29, 0.717) is 12.1 Å². The molecule has 0 heterocycles. The van der Waals surface area contributed by atoms with Crippen LogP contribution in [0.3, 0.4) is 0 Å². The zero-order chi connectivity index (χ0) is 15.4. The van der Waals surface area contributed by atoms with Crippen molar-refractivity contribution in [3.05, 3.63) is 35.4 Å². The maximum atomic E-state index is 12.0. The van der Waals surface area contributed by atoms with Crippen LogP contribution in [0.4, 0.5) is 13.2 Å². The van der Waals surface area contributed by atoms with E-state index in [1.54, 1.807) is 24.3 Å². The largest absolute Gasteiger partial charge is 0.402 e. The topological polar surface area (TPSA) is 75.4 Å². The Hall–Kier alpha value is -1.16. The van der Waals surface area contributed by atoms with Crippen molar-refractivity contribution >= 4 is 10.2 Å². The highest BCUT2D eigenvalue weighted by molar-refractivity contribution is 7.87. The van der Waals surface area contributed by atoms with Crippen LogP contribution in [-0.4, -0.2) is 32.5 Å². The van der Waals surface area contributed by atoms with Crippen molar-refractivity contribution in [1.82, 2.24) is 9.03 Å². The maximum Gasteiger partial charge on any atom is 0.402 e. The molecule has 0 saturated carbocycles. The predicted octanol–water partition coefficient (Wildman–Crippen LogP) is 0.974. The van der Waals surface area contributed by atoms with Gasteiger partial charge in [0.1, 0.15) is 6.54 Å². The SMILES string of the molecule is CN(Cc1ccc(CN)cc1)S(=O)(=O)NCC(F)(F)F. The van der Waals surface area contributed by atoms with Crippen LogP contribution in [0.5, 0.6) is 0 Å². The molecule has 20 heavy (non-hydrogen) atoms. The number of alkyl halides is 3. The fourth-order valence-electron chi connectivity index (χ4n) is 1.41. The van der Waals surface area contributed by atoms with Crippen LogP contribution in [0, 0.1) is 0 Å². The minimum Gasteiger partial charge on any atom is -0.326 e. The molecule has 0 bridgehead atoms. The third kappa shape index (κ3) is 5.45. The van der Waals surface area contributed by atoms with Crippen LogP contribution in [0.25, 0.3) is 0 Å². The minimum atomic E-state index is -4.59. The van der Waals surface area contributed by atoms with Crippen LogP contribution >= 0.6 is 0 Å². The highest BCUT2D eigenvalue weighted by Gasteiger charge is 2.30. The van der Waals surface area contributed by atoms with E-state index in [9.17, 15) is 21.6 Å². The molecule has 0 aliphatic heterocycles. The Kier molecular flexibility index (Phi) is 5.51. The molecule has 0 aliphatic carbocycles. The van der Waals surface area contributed by atoms with Gasteiger partial charge in [0.05, 0.1) is 0 Å². The molecule has 1 aromatic rings. The molecule has 1 rings (SSSR count). The normalized spacial score (nSPS) is 12.9. The lowest BCUT2D eigenvalue weighted by Crippen LogP contribution is -2.42. The lowest BCUT2D eigenvalue weighted by molar-refractivity contribution is -0.121.